The van der Waals surface area contributed by atoms with E-state index in [2.05, 4.69) is 10.2 Å². The van der Waals surface area contributed by atoms with Crippen LogP contribution in [0.5, 0.6) is 0 Å². The third kappa shape index (κ3) is 5.07. The van der Waals surface area contributed by atoms with Gasteiger partial charge in [0, 0.05) is 35.3 Å². The zero-order chi connectivity index (χ0) is 23.4. The third-order valence-electron chi connectivity index (χ3n) is 5.99. The maximum atomic E-state index is 13.2. The first-order valence-electron chi connectivity index (χ1n) is 11.1. The van der Waals surface area contributed by atoms with Gasteiger partial charge in [0.2, 0.25) is 15.7 Å². The number of nitrogen functional groups attached to an aromatic ring is 1. The Kier molecular flexibility index (Phi) is 6.76. The molecule has 4 N–H and O–H groups in total. The Labute approximate surface area is 194 Å². The number of rotatable bonds is 6. The number of carbonyl (C=O) groups excluding carboxylic acids is 1. The minimum Gasteiger partial charge on any atom is -0.398 e. The van der Waals surface area contributed by atoms with E-state index in [-0.39, 0.29) is 22.1 Å². The Hall–Kier alpha value is -3.23. The molecule has 1 saturated heterocycles. The summed E-state index contributed by atoms with van der Waals surface area (Å²) in [5.74, 6) is -0.119. The van der Waals surface area contributed by atoms with Gasteiger partial charge in [-0.3, -0.25) is 10.2 Å². The van der Waals surface area contributed by atoms with Crippen molar-refractivity contribution in [1.82, 2.24) is 4.90 Å². The Bertz CT molecular complexity index is 1290. The van der Waals surface area contributed by atoms with Crippen LogP contribution in [0.1, 0.15) is 31.2 Å². The van der Waals surface area contributed by atoms with Crippen LogP contribution >= 0.6 is 0 Å². The number of likely N-dealkylation sites (tertiary alicyclic amines) is 1. The molecule has 3 aromatic carbocycles. The van der Waals surface area contributed by atoms with Crippen molar-refractivity contribution < 1.29 is 13.2 Å². The maximum absolute atomic E-state index is 13.2. The SMILES string of the molecule is N=C(c1ccc(NC(=O)CCN2CCCCC2)cc1N)S(=O)(=O)c1cccc2ccccc12. The molecule has 8 heteroatoms. The van der Waals surface area contributed by atoms with E-state index in [1.165, 1.54) is 37.5 Å². The number of nitrogens with zero attached hydrogens (tertiary/aromatic N) is 1. The number of nitrogens with one attached hydrogen (secondary N) is 2. The van der Waals surface area contributed by atoms with Crippen LogP contribution in [0.2, 0.25) is 0 Å². The molecule has 1 aliphatic rings. The Morgan fingerprint density at radius 1 is 1.00 bits per heavy atom. The van der Waals surface area contributed by atoms with Gasteiger partial charge in [0.25, 0.3) is 0 Å². The van der Waals surface area contributed by atoms with Crippen molar-refractivity contribution in [2.45, 2.75) is 30.6 Å². The first-order valence-corrected chi connectivity index (χ1v) is 12.6. The lowest BCUT2D eigenvalue weighted by Crippen LogP contribution is -2.32. The van der Waals surface area contributed by atoms with Gasteiger partial charge >= 0.3 is 0 Å². The van der Waals surface area contributed by atoms with E-state index >= 15 is 0 Å². The number of hydrogen-bond donors (Lipinski definition) is 3. The first kappa shape index (κ1) is 22.9. The van der Waals surface area contributed by atoms with Gasteiger partial charge in [0.1, 0.15) is 0 Å². The molecule has 1 amide bonds. The number of anilines is 2. The fourth-order valence-corrected chi connectivity index (χ4v) is 5.63. The number of piperidine rings is 1. The second-order valence-corrected chi connectivity index (χ2v) is 10.2. The van der Waals surface area contributed by atoms with Crippen molar-refractivity contribution >= 4 is 42.9 Å². The summed E-state index contributed by atoms with van der Waals surface area (Å²) in [5.41, 5.74) is 6.82. The predicted octanol–water partition coefficient (Wildman–Crippen LogP) is 4.04. The fourth-order valence-electron chi connectivity index (χ4n) is 4.20. The van der Waals surface area contributed by atoms with Gasteiger partial charge in [-0.05, 0) is 55.6 Å². The van der Waals surface area contributed by atoms with Gasteiger partial charge in [0.05, 0.1) is 4.90 Å². The van der Waals surface area contributed by atoms with Crippen LogP contribution in [0.4, 0.5) is 11.4 Å². The lowest BCUT2D eigenvalue weighted by molar-refractivity contribution is -0.116. The first-order chi connectivity index (χ1) is 15.9. The monoisotopic (exact) mass is 464 g/mol. The molecule has 3 aromatic rings. The zero-order valence-corrected chi connectivity index (χ0v) is 19.2. The van der Waals surface area contributed by atoms with Gasteiger partial charge in [-0.15, -0.1) is 0 Å². The average molecular weight is 465 g/mol. The predicted molar refractivity (Wildman–Crippen MR) is 132 cm³/mol. The molecule has 0 spiro atoms. The summed E-state index contributed by atoms with van der Waals surface area (Å²) in [6, 6.07) is 16.7. The van der Waals surface area contributed by atoms with Crippen molar-refractivity contribution in [2.75, 3.05) is 30.7 Å². The third-order valence-corrected chi connectivity index (χ3v) is 7.68. The largest absolute Gasteiger partial charge is 0.398 e. The molecular formula is C25H28N4O3S. The molecule has 0 aromatic heterocycles. The molecule has 7 nitrogen and oxygen atoms in total. The Balaban J connectivity index is 1.49. The molecule has 1 fully saturated rings. The van der Waals surface area contributed by atoms with E-state index in [1.54, 1.807) is 24.3 Å². The quantitative estimate of drug-likeness (QED) is 0.289. The van der Waals surface area contributed by atoms with Crippen molar-refractivity contribution in [1.29, 1.82) is 5.41 Å². The highest BCUT2D eigenvalue weighted by Crippen LogP contribution is 2.28. The lowest BCUT2D eigenvalue weighted by Gasteiger charge is -2.25. The van der Waals surface area contributed by atoms with Crippen LogP contribution in [0.3, 0.4) is 0 Å². The highest BCUT2D eigenvalue weighted by atomic mass is 32.2. The molecule has 0 aliphatic carbocycles. The van der Waals surface area contributed by atoms with E-state index in [1.807, 2.05) is 18.2 Å². The summed E-state index contributed by atoms with van der Waals surface area (Å²) >= 11 is 0. The van der Waals surface area contributed by atoms with Crippen molar-refractivity contribution in [3.05, 3.63) is 66.2 Å². The number of nitrogens with two attached hydrogens (primary N) is 1. The van der Waals surface area contributed by atoms with E-state index < -0.39 is 14.9 Å². The van der Waals surface area contributed by atoms with E-state index in [0.717, 1.165) is 18.5 Å². The molecule has 0 atom stereocenters. The smallest absolute Gasteiger partial charge is 0.225 e. The van der Waals surface area contributed by atoms with Crippen LogP contribution in [-0.4, -0.2) is 43.9 Å². The van der Waals surface area contributed by atoms with Gasteiger partial charge in [-0.25, -0.2) is 8.42 Å². The molecule has 4 rings (SSSR count). The Morgan fingerprint density at radius 3 is 2.48 bits per heavy atom. The van der Waals surface area contributed by atoms with E-state index in [0.29, 0.717) is 24.0 Å². The number of benzene rings is 3. The number of fused-ring (bicyclic) bond motifs is 1. The van der Waals surface area contributed by atoms with Gasteiger partial charge < -0.3 is 16.0 Å². The summed E-state index contributed by atoms with van der Waals surface area (Å²) in [6.45, 7) is 2.78. The fraction of sp³-hybridized carbons (Fsp3) is 0.280. The molecule has 1 heterocycles. The molecule has 0 bridgehead atoms. The lowest BCUT2D eigenvalue weighted by atomic mass is 10.1. The summed E-state index contributed by atoms with van der Waals surface area (Å²) in [6.07, 6.45) is 3.98. The summed E-state index contributed by atoms with van der Waals surface area (Å²) in [7, 11) is -4.09. The molecular weight excluding hydrogens is 436 g/mol. The standard InChI is InChI=1S/C25H28N4O3S/c26-22-17-19(28-24(30)13-16-29-14-4-1-5-15-29)11-12-21(22)25(27)33(31,32)23-10-6-8-18-7-2-3-9-20(18)23/h2-3,6-12,17,27H,1,4-5,13-16,26H2,(H,28,30). The molecule has 0 unspecified atom stereocenters. The van der Waals surface area contributed by atoms with Crippen LogP contribution in [-0.2, 0) is 14.6 Å². The molecule has 0 radical (unpaired) electrons. The topological polar surface area (TPSA) is 116 Å². The number of sulfone groups is 1. The van der Waals surface area contributed by atoms with E-state index in [9.17, 15) is 13.2 Å². The van der Waals surface area contributed by atoms with Crippen molar-refractivity contribution in [3.8, 4) is 0 Å². The van der Waals surface area contributed by atoms with Crippen molar-refractivity contribution in [2.24, 2.45) is 0 Å². The number of carbonyl (C=O) groups is 1. The van der Waals surface area contributed by atoms with Crippen LogP contribution < -0.4 is 11.1 Å². The van der Waals surface area contributed by atoms with Gasteiger partial charge in [-0.1, -0.05) is 42.8 Å². The minimum absolute atomic E-state index is 0.0695. The van der Waals surface area contributed by atoms with Crippen LogP contribution in [0.15, 0.2) is 65.6 Å². The van der Waals surface area contributed by atoms with Gasteiger partial charge in [-0.2, -0.15) is 0 Å². The Morgan fingerprint density at radius 2 is 1.73 bits per heavy atom. The second kappa shape index (κ2) is 9.72. The summed E-state index contributed by atoms with van der Waals surface area (Å²) in [4.78, 5) is 14.7. The minimum atomic E-state index is -4.09. The van der Waals surface area contributed by atoms with Gasteiger partial charge in [0.15, 0.2) is 5.04 Å². The second-order valence-electron chi connectivity index (χ2n) is 8.31. The molecule has 172 valence electrons. The van der Waals surface area contributed by atoms with E-state index in [4.69, 9.17) is 11.1 Å². The number of amides is 1. The molecule has 0 saturated carbocycles. The molecule has 33 heavy (non-hydrogen) atoms. The average Bonchev–Trinajstić information content (AvgIpc) is 2.82. The highest BCUT2D eigenvalue weighted by molar-refractivity contribution is 8.07. The maximum Gasteiger partial charge on any atom is 0.225 e. The molecule has 1 aliphatic heterocycles. The van der Waals surface area contributed by atoms with Crippen LogP contribution in [0.25, 0.3) is 10.8 Å². The van der Waals surface area contributed by atoms with Crippen LogP contribution in [0, 0.1) is 5.41 Å². The summed E-state index contributed by atoms with van der Waals surface area (Å²) in [5, 5.41) is 12.0. The zero-order valence-electron chi connectivity index (χ0n) is 18.4. The highest BCUT2D eigenvalue weighted by Gasteiger charge is 2.26. The number of hydrogen-bond acceptors (Lipinski definition) is 6. The summed E-state index contributed by atoms with van der Waals surface area (Å²) < 4.78 is 26.5. The normalized spacial score (nSPS) is 14.8. The van der Waals surface area contributed by atoms with Crippen molar-refractivity contribution in [3.63, 3.8) is 0 Å².